The number of nitrogens with one attached hydrogen (secondary N) is 1. The molecule has 0 bridgehead atoms. The van der Waals surface area contributed by atoms with Crippen molar-refractivity contribution in [3.05, 3.63) is 65.2 Å². The van der Waals surface area contributed by atoms with Crippen LogP contribution in [-0.4, -0.2) is 39.2 Å². The van der Waals surface area contributed by atoms with Crippen molar-refractivity contribution >= 4 is 27.6 Å². The van der Waals surface area contributed by atoms with Gasteiger partial charge in [0.25, 0.3) is 10.0 Å². The number of benzene rings is 2. The van der Waals surface area contributed by atoms with Gasteiger partial charge in [-0.05, 0) is 30.0 Å². The monoisotopic (exact) mass is 414 g/mol. The lowest BCUT2D eigenvalue weighted by Crippen LogP contribution is -2.24. The van der Waals surface area contributed by atoms with Crippen LogP contribution in [0.5, 0.6) is 0 Å². The molecule has 1 aliphatic rings. The van der Waals surface area contributed by atoms with Crippen molar-refractivity contribution in [2.24, 2.45) is 4.99 Å². The highest BCUT2D eigenvalue weighted by atomic mass is 32.2. The lowest BCUT2D eigenvalue weighted by atomic mass is 9.97. The molecule has 0 saturated heterocycles. The van der Waals surface area contributed by atoms with Crippen LogP contribution in [0.4, 0.5) is 0 Å². The SMILES string of the molecule is CC[C@@H](C)c1ccc(C(=O)COC(=O)CN=C2NS(=O)(=O)c3ccccc32)cc1. The first-order chi connectivity index (χ1) is 13.8. The highest BCUT2D eigenvalue weighted by Crippen LogP contribution is 2.22. The van der Waals surface area contributed by atoms with Gasteiger partial charge in [-0.25, -0.2) is 8.42 Å². The summed E-state index contributed by atoms with van der Waals surface area (Å²) >= 11 is 0. The lowest BCUT2D eigenvalue weighted by molar-refractivity contribution is -0.140. The Morgan fingerprint density at radius 3 is 2.48 bits per heavy atom. The molecule has 7 nitrogen and oxygen atoms in total. The fraction of sp³-hybridized carbons (Fsp3) is 0.286. The van der Waals surface area contributed by atoms with Crippen molar-refractivity contribution in [3.63, 3.8) is 0 Å². The van der Waals surface area contributed by atoms with Crippen LogP contribution in [0.15, 0.2) is 58.4 Å². The Kier molecular flexibility index (Phi) is 6.12. The second-order valence-electron chi connectivity index (χ2n) is 6.78. The molecule has 1 aliphatic heterocycles. The van der Waals surface area contributed by atoms with E-state index in [1.54, 1.807) is 30.3 Å². The van der Waals surface area contributed by atoms with Gasteiger partial charge >= 0.3 is 5.97 Å². The van der Waals surface area contributed by atoms with E-state index in [9.17, 15) is 18.0 Å². The number of aliphatic imine (C=N–C) groups is 1. The van der Waals surface area contributed by atoms with Crippen molar-refractivity contribution in [3.8, 4) is 0 Å². The maximum atomic E-state index is 12.2. The first kappa shape index (κ1) is 20.7. The molecule has 0 saturated carbocycles. The molecular formula is C21H22N2O5S. The first-order valence-corrected chi connectivity index (χ1v) is 10.8. The maximum absolute atomic E-state index is 12.2. The molecule has 1 heterocycles. The molecule has 1 N–H and O–H groups in total. The molecule has 3 rings (SSSR count). The summed E-state index contributed by atoms with van der Waals surface area (Å²) in [6.45, 7) is 3.42. The third-order valence-corrected chi connectivity index (χ3v) is 6.20. The summed E-state index contributed by atoms with van der Waals surface area (Å²) < 4.78 is 31.3. The molecule has 1 atom stereocenters. The Balaban J connectivity index is 1.57. The molecule has 0 radical (unpaired) electrons. The molecule has 152 valence electrons. The largest absolute Gasteiger partial charge is 0.456 e. The van der Waals surface area contributed by atoms with Gasteiger partial charge in [0.15, 0.2) is 12.4 Å². The highest BCUT2D eigenvalue weighted by molar-refractivity contribution is 7.90. The number of carbonyl (C=O) groups is 2. The molecule has 2 aromatic carbocycles. The van der Waals surface area contributed by atoms with Gasteiger partial charge in [0.05, 0.1) is 4.90 Å². The number of sulfonamides is 1. The van der Waals surface area contributed by atoms with Crippen LogP contribution >= 0.6 is 0 Å². The summed E-state index contributed by atoms with van der Waals surface area (Å²) in [5.41, 5.74) is 2.02. The first-order valence-electron chi connectivity index (χ1n) is 9.27. The second-order valence-corrected chi connectivity index (χ2v) is 8.43. The Morgan fingerprint density at radius 2 is 1.79 bits per heavy atom. The Labute approximate surface area is 169 Å². The highest BCUT2D eigenvalue weighted by Gasteiger charge is 2.30. The Morgan fingerprint density at radius 1 is 1.10 bits per heavy atom. The predicted molar refractivity (Wildman–Crippen MR) is 109 cm³/mol. The van der Waals surface area contributed by atoms with E-state index in [1.807, 2.05) is 12.1 Å². The van der Waals surface area contributed by atoms with Crippen molar-refractivity contribution < 1.29 is 22.7 Å². The Hall–Kier alpha value is -3.00. The zero-order valence-corrected chi connectivity index (χ0v) is 17.0. The van der Waals surface area contributed by atoms with Crippen molar-refractivity contribution in [2.75, 3.05) is 13.2 Å². The quantitative estimate of drug-likeness (QED) is 0.554. The summed E-state index contributed by atoms with van der Waals surface area (Å²) in [6, 6.07) is 13.6. The van der Waals surface area contributed by atoms with Crippen LogP contribution < -0.4 is 4.72 Å². The minimum atomic E-state index is -3.66. The average molecular weight is 414 g/mol. The molecule has 29 heavy (non-hydrogen) atoms. The second kappa shape index (κ2) is 8.57. The molecule has 0 unspecified atom stereocenters. The van der Waals surface area contributed by atoms with Gasteiger partial charge in [-0.3, -0.25) is 19.3 Å². The number of hydrogen-bond acceptors (Lipinski definition) is 6. The van der Waals surface area contributed by atoms with E-state index in [1.165, 1.54) is 6.07 Å². The van der Waals surface area contributed by atoms with E-state index >= 15 is 0 Å². The molecular weight excluding hydrogens is 392 g/mol. The van der Waals surface area contributed by atoms with Gasteiger partial charge in [0.2, 0.25) is 0 Å². The van der Waals surface area contributed by atoms with Crippen LogP contribution in [0.2, 0.25) is 0 Å². The van der Waals surface area contributed by atoms with Crippen LogP contribution in [0.25, 0.3) is 0 Å². The minimum Gasteiger partial charge on any atom is -0.456 e. The van der Waals surface area contributed by atoms with Crippen LogP contribution in [0.1, 0.15) is 47.7 Å². The van der Waals surface area contributed by atoms with Crippen molar-refractivity contribution in [1.29, 1.82) is 0 Å². The fourth-order valence-corrected chi connectivity index (χ4v) is 4.15. The van der Waals surface area contributed by atoms with Gasteiger partial charge < -0.3 is 4.74 Å². The topological polar surface area (TPSA) is 102 Å². The van der Waals surface area contributed by atoms with Gasteiger partial charge in [0.1, 0.15) is 12.4 Å². The van der Waals surface area contributed by atoms with Gasteiger partial charge in [-0.15, -0.1) is 0 Å². The van der Waals surface area contributed by atoms with Gasteiger partial charge in [-0.1, -0.05) is 50.2 Å². The number of carbonyl (C=O) groups excluding carboxylic acids is 2. The molecule has 0 aromatic heterocycles. The number of ether oxygens (including phenoxy) is 1. The molecule has 0 amide bonds. The lowest BCUT2D eigenvalue weighted by Gasteiger charge is -2.09. The smallest absolute Gasteiger partial charge is 0.328 e. The number of amidine groups is 1. The summed E-state index contributed by atoms with van der Waals surface area (Å²) in [6.07, 6.45) is 1.01. The fourth-order valence-electron chi connectivity index (χ4n) is 2.90. The van der Waals surface area contributed by atoms with Crippen molar-refractivity contribution in [1.82, 2.24) is 4.72 Å². The van der Waals surface area contributed by atoms with Gasteiger partial charge in [0, 0.05) is 11.1 Å². The maximum Gasteiger partial charge on any atom is 0.328 e. The summed E-state index contributed by atoms with van der Waals surface area (Å²) in [4.78, 5) is 28.2. The standard InChI is InChI=1S/C21H22N2O5S/c1-3-14(2)15-8-10-16(11-9-15)18(24)13-28-20(25)12-22-21-17-6-4-5-7-19(17)29(26,27)23-21/h4-11,14H,3,12-13H2,1-2H3,(H,22,23)/t14-/m1/s1. The number of hydrogen-bond donors (Lipinski definition) is 1. The average Bonchev–Trinajstić information content (AvgIpc) is 3.00. The molecule has 8 heteroatoms. The van der Waals surface area contributed by atoms with Crippen LogP contribution in [0, 0.1) is 0 Å². The van der Waals surface area contributed by atoms with Crippen LogP contribution in [-0.2, 0) is 19.6 Å². The number of ketones is 1. The normalized spacial score (nSPS) is 16.7. The number of nitrogens with zero attached hydrogens (tertiary/aromatic N) is 1. The van der Waals surface area contributed by atoms with E-state index in [-0.39, 0.29) is 16.5 Å². The predicted octanol–water partition coefficient (Wildman–Crippen LogP) is 2.66. The molecule has 0 fully saturated rings. The molecule has 0 spiro atoms. The Bertz CT molecular complexity index is 1060. The third-order valence-electron chi connectivity index (χ3n) is 4.81. The number of rotatable bonds is 7. The van der Waals surface area contributed by atoms with E-state index in [0.29, 0.717) is 17.0 Å². The third kappa shape index (κ3) is 4.71. The molecule has 2 aromatic rings. The zero-order chi connectivity index (χ0) is 21.0. The summed E-state index contributed by atoms with van der Waals surface area (Å²) in [5, 5.41) is 0. The number of Topliss-reactive ketones (excluding diaryl/α,β-unsaturated/α-hetero) is 1. The number of fused-ring (bicyclic) bond motifs is 1. The molecule has 0 aliphatic carbocycles. The zero-order valence-electron chi connectivity index (χ0n) is 16.2. The minimum absolute atomic E-state index is 0.0875. The van der Waals surface area contributed by atoms with Gasteiger partial charge in [-0.2, -0.15) is 0 Å². The summed E-state index contributed by atoms with van der Waals surface area (Å²) in [5.74, 6) is -0.530. The van der Waals surface area contributed by atoms with Crippen LogP contribution in [0.3, 0.4) is 0 Å². The summed E-state index contributed by atoms with van der Waals surface area (Å²) in [7, 11) is -3.66. The van der Waals surface area contributed by atoms with E-state index < -0.39 is 29.1 Å². The van der Waals surface area contributed by atoms with E-state index in [0.717, 1.165) is 12.0 Å². The number of esters is 1. The van der Waals surface area contributed by atoms with E-state index in [2.05, 4.69) is 23.6 Å². The van der Waals surface area contributed by atoms with Crippen molar-refractivity contribution in [2.45, 2.75) is 31.1 Å². The van der Waals surface area contributed by atoms with E-state index in [4.69, 9.17) is 4.74 Å².